The summed E-state index contributed by atoms with van der Waals surface area (Å²) in [7, 11) is 0. The van der Waals surface area contributed by atoms with Gasteiger partial charge in [-0.3, -0.25) is 14.4 Å². The third-order valence-electron chi connectivity index (χ3n) is 17.2. The van der Waals surface area contributed by atoms with E-state index in [1.54, 1.807) is 0 Å². The fourth-order valence-electron chi connectivity index (χ4n) is 11.1. The molecular weight excluding hydrogens is 949 g/mol. The molecule has 0 N–H and O–H groups in total. The van der Waals surface area contributed by atoms with Crippen molar-refractivity contribution in [2.75, 3.05) is 13.2 Å². The summed E-state index contributed by atoms with van der Waals surface area (Å²) in [4.78, 5) is 38.5. The van der Waals surface area contributed by atoms with Gasteiger partial charge < -0.3 is 14.2 Å². The molecule has 6 nitrogen and oxygen atoms in total. The molecule has 2 unspecified atom stereocenters. The van der Waals surface area contributed by atoms with Gasteiger partial charge in [0.2, 0.25) is 0 Å². The Morgan fingerprint density at radius 2 is 0.455 bits per heavy atom. The van der Waals surface area contributed by atoms with Crippen LogP contribution in [0.3, 0.4) is 0 Å². The van der Waals surface area contributed by atoms with Gasteiger partial charge in [0.05, 0.1) is 0 Å². The third kappa shape index (κ3) is 61.9. The molecule has 0 saturated heterocycles. The first kappa shape index (κ1) is 75.4. The Bertz CT molecular complexity index is 1190. The largest absolute Gasteiger partial charge is 0.462 e. The Morgan fingerprint density at radius 3 is 0.675 bits per heavy atom. The monoisotopic (exact) mass is 1090 g/mol. The molecule has 0 aromatic heterocycles. The number of hydrogen-bond acceptors (Lipinski definition) is 6. The number of ether oxygens (including phenoxy) is 3. The van der Waals surface area contributed by atoms with E-state index < -0.39 is 6.10 Å². The highest BCUT2D eigenvalue weighted by Crippen LogP contribution is 2.20. The van der Waals surface area contributed by atoms with Crippen LogP contribution in [-0.2, 0) is 28.6 Å². The molecule has 0 saturated carbocycles. The van der Waals surface area contributed by atoms with Gasteiger partial charge in [-0.15, -0.1) is 0 Å². The molecular formula is C71H138O6. The maximum absolute atomic E-state index is 13.0. The van der Waals surface area contributed by atoms with E-state index in [1.807, 2.05) is 0 Å². The van der Waals surface area contributed by atoms with Crippen molar-refractivity contribution in [3.63, 3.8) is 0 Å². The Morgan fingerprint density at radius 1 is 0.260 bits per heavy atom. The highest BCUT2D eigenvalue weighted by molar-refractivity contribution is 5.71. The van der Waals surface area contributed by atoms with Crippen LogP contribution in [0.2, 0.25) is 0 Å². The molecule has 0 aliphatic heterocycles. The first-order chi connectivity index (χ1) is 37.8. The fourth-order valence-corrected chi connectivity index (χ4v) is 11.1. The van der Waals surface area contributed by atoms with Crippen LogP contribution >= 0.6 is 0 Å². The molecule has 0 aromatic rings. The number of esters is 3. The summed E-state index contributed by atoms with van der Waals surface area (Å²) >= 11 is 0. The maximum Gasteiger partial charge on any atom is 0.306 e. The molecule has 0 radical (unpaired) electrons. The lowest BCUT2D eigenvalue weighted by atomic mass is 9.99. The van der Waals surface area contributed by atoms with Crippen molar-refractivity contribution in [1.82, 2.24) is 0 Å². The van der Waals surface area contributed by atoms with Crippen molar-refractivity contribution in [3.05, 3.63) is 0 Å². The van der Waals surface area contributed by atoms with Crippen LogP contribution in [0.1, 0.15) is 407 Å². The first-order valence-electron chi connectivity index (χ1n) is 35.3. The number of carbonyl (C=O) groups is 3. The van der Waals surface area contributed by atoms with Crippen LogP contribution < -0.4 is 0 Å². The summed E-state index contributed by atoms with van der Waals surface area (Å²) in [5.41, 5.74) is 0. The molecule has 77 heavy (non-hydrogen) atoms. The van der Waals surface area contributed by atoms with Crippen LogP contribution in [0.15, 0.2) is 0 Å². The van der Waals surface area contributed by atoms with Gasteiger partial charge in [-0.25, -0.2) is 0 Å². The van der Waals surface area contributed by atoms with Crippen LogP contribution in [0.25, 0.3) is 0 Å². The number of rotatable bonds is 65. The lowest BCUT2D eigenvalue weighted by Crippen LogP contribution is -2.30. The van der Waals surface area contributed by atoms with Gasteiger partial charge in [-0.1, -0.05) is 369 Å². The van der Waals surface area contributed by atoms with E-state index in [4.69, 9.17) is 14.2 Å². The molecule has 0 fully saturated rings. The normalized spacial score (nSPS) is 12.7. The summed E-state index contributed by atoms with van der Waals surface area (Å²) in [5.74, 6) is 0.981. The second kappa shape index (κ2) is 63.6. The SMILES string of the molecule is CCCCCCCCCCCCCCCCCCCCCC(=O)OC[C@H](COC(=O)CCCCCCCCCCCCCCCCC(C)CC)OC(=O)CCCCCCCCCCCCCCCCCCCCC(C)CC. The molecule has 6 heteroatoms. The second-order valence-corrected chi connectivity index (χ2v) is 25.0. The topological polar surface area (TPSA) is 78.9 Å². The van der Waals surface area contributed by atoms with E-state index in [-0.39, 0.29) is 31.1 Å². The summed E-state index contributed by atoms with van der Waals surface area (Å²) < 4.78 is 17.0. The highest BCUT2D eigenvalue weighted by atomic mass is 16.6. The smallest absolute Gasteiger partial charge is 0.306 e. The summed E-state index contributed by atoms with van der Waals surface area (Å²) in [6, 6.07) is 0. The molecule has 0 rings (SSSR count). The minimum absolute atomic E-state index is 0.0612. The zero-order valence-electron chi connectivity index (χ0n) is 53.1. The fraction of sp³-hybridized carbons (Fsp3) is 0.958. The van der Waals surface area contributed by atoms with Crippen molar-refractivity contribution in [2.45, 2.75) is 413 Å². The van der Waals surface area contributed by atoms with E-state index >= 15 is 0 Å². The number of unbranched alkanes of at least 4 members (excludes halogenated alkanes) is 48. The molecule has 0 bridgehead atoms. The second-order valence-electron chi connectivity index (χ2n) is 25.0. The van der Waals surface area contributed by atoms with Gasteiger partial charge in [0.1, 0.15) is 13.2 Å². The van der Waals surface area contributed by atoms with Crippen molar-refractivity contribution >= 4 is 17.9 Å². The van der Waals surface area contributed by atoms with Crippen molar-refractivity contribution < 1.29 is 28.6 Å². The van der Waals surface area contributed by atoms with Crippen molar-refractivity contribution in [1.29, 1.82) is 0 Å². The zero-order chi connectivity index (χ0) is 56.0. The van der Waals surface area contributed by atoms with Crippen LogP contribution in [0, 0.1) is 11.8 Å². The highest BCUT2D eigenvalue weighted by Gasteiger charge is 2.20. The van der Waals surface area contributed by atoms with Gasteiger partial charge in [0.25, 0.3) is 0 Å². The first-order valence-corrected chi connectivity index (χ1v) is 35.3. The molecule has 0 spiro atoms. The molecule has 0 aliphatic rings. The molecule has 0 aromatic carbocycles. The van der Waals surface area contributed by atoms with Gasteiger partial charge in [-0.05, 0) is 31.1 Å². The molecule has 458 valence electrons. The molecule has 3 atom stereocenters. The molecule has 0 heterocycles. The quantitative estimate of drug-likeness (QED) is 0.0343. The average Bonchev–Trinajstić information content (AvgIpc) is 3.43. The van der Waals surface area contributed by atoms with E-state index in [1.165, 1.54) is 295 Å². The van der Waals surface area contributed by atoms with Crippen molar-refractivity contribution in [2.24, 2.45) is 11.8 Å². The van der Waals surface area contributed by atoms with Gasteiger partial charge in [0.15, 0.2) is 6.10 Å². The minimum Gasteiger partial charge on any atom is -0.462 e. The zero-order valence-corrected chi connectivity index (χ0v) is 53.1. The lowest BCUT2D eigenvalue weighted by molar-refractivity contribution is -0.167. The van der Waals surface area contributed by atoms with Gasteiger partial charge in [-0.2, -0.15) is 0 Å². The van der Waals surface area contributed by atoms with Crippen LogP contribution in [-0.4, -0.2) is 37.2 Å². The Labute approximate surface area is 482 Å². The predicted octanol–water partition coefficient (Wildman–Crippen LogP) is 23.9. The van der Waals surface area contributed by atoms with E-state index in [9.17, 15) is 14.4 Å². The standard InChI is InChI=1S/C71H138O6/c1-6-9-10-11-12-13-14-15-16-17-18-22-25-31-36-41-46-51-56-61-69(72)75-64-68(65-76-70(73)62-57-52-47-42-37-32-28-27-30-35-40-45-50-55-60-67(5)8-3)77-71(74)63-58-53-48-43-38-33-26-23-20-19-21-24-29-34-39-44-49-54-59-66(4)7-2/h66-68H,6-65H2,1-5H3/t66?,67?,68-/m1/s1. The molecule has 0 amide bonds. The molecule has 0 aliphatic carbocycles. The number of carbonyl (C=O) groups excluding carboxylic acids is 3. The lowest BCUT2D eigenvalue weighted by Gasteiger charge is -2.18. The minimum atomic E-state index is -0.765. The summed E-state index contributed by atoms with van der Waals surface area (Å²) in [6.07, 6.45) is 72.5. The van der Waals surface area contributed by atoms with Gasteiger partial charge in [0, 0.05) is 19.3 Å². The third-order valence-corrected chi connectivity index (χ3v) is 17.2. The predicted molar refractivity (Wildman–Crippen MR) is 335 cm³/mol. The Kier molecular flexibility index (Phi) is 62.3. The van der Waals surface area contributed by atoms with Crippen LogP contribution in [0.4, 0.5) is 0 Å². The summed E-state index contributed by atoms with van der Waals surface area (Å²) in [6.45, 7) is 11.5. The van der Waals surface area contributed by atoms with Crippen LogP contribution in [0.5, 0.6) is 0 Å². The number of hydrogen-bond donors (Lipinski definition) is 0. The summed E-state index contributed by atoms with van der Waals surface area (Å²) in [5, 5.41) is 0. The Hall–Kier alpha value is -1.59. The maximum atomic E-state index is 13.0. The average molecular weight is 1090 g/mol. The van der Waals surface area contributed by atoms with E-state index in [0.29, 0.717) is 19.3 Å². The van der Waals surface area contributed by atoms with E-state index in [0.717, 1.165) is 69.6 Å². The van der Waals surface area contributed by atoms with Gasteiger partial charge >= 0.3 is 17.9 Å². The Balaban J connectivity index is 4.28. The van der Waals surface area contributed by atoms with Crippen molar-refractivity contribution in [3.8, 4) is 0 Å². The van der Waals surface area contributed by atoms with E-state index in [2.05, 4.69) is 34.6 Å².